The van der Waals surface area contributed by atoms with Crippen molar-refractivity contribution in [1.82, 2.24) is 5.43 Å². The summed E-state index contributed by atoms with van der Waals surface area (Å²) in [5.74, 6) is 1.45. The first-order valence-corrected chi connectivity index (χ1v) is 8.69. The normalized spacial score (nSPS) is 10.7. The van der Waals surface area contributed by atoms with Crippen molar-refractivity contribution >= 4 is 23.8 Å². The number of carbonyl (C=O) groups excluding carboxylic acids is 1. The van der Waals surface area contributed by atoms with E-state index in [2.05, 4.69) is 29.6 Å². The first-order chi connectivity index (χ1) is 12.6. The zero-order chi connectivity index (χ0) is 18.8. The van der Waals surface area contributed by atoms with Gasteiger partial charge in [-0.1, -0.05) is 30.7 Å². The summed E-state index contributed by atoms with van der Waals surface area (Å²) in [5, 5.41) is 4.27. The van der Waals surface area contributed by atoms with E-state index in [9.17, 15) is 4.79 Å². The van der Waals surface area contributed by atoms with E-state index in [4.69, 9.17) is 26.8 Å². The molecular weight excluding hydrogens is 354 g/mol. The maximum atomic E-state index is 10.7. The summed E-state index contributed by atoms with van der Waals surface area (Å²) in [5.41, 5.74) is 9.02. The third-order valence-corrected chi connectivity index (χ3v) is 3.73. The summed E-state index contributed by atoms with van der Waals surface area (Å²) in [6.45, 7) is 3.14. The van der Waals surface area contributed by atoms with Crippen LogP contribution >= 0.6 is 11.6 Å². The minimum atomic E-state index is -0.741. The predicted octanol–water partition coefficient (Wildman–Crippen LogP) is 3.75. The molecule has 7 heteroatoms. The maximum Gasteiger partial charge on any atom is 0.332 e. The van der Waals surface area contributed by atoms with Gasteiger partial charge in [0.25, 0.3) is 0 Å². The van der Waals surface area contributed by atoms with E-state index in [1.54, 1.807) is 18.2 Å². The number of nitrogens with zero attached hydrogens (tertiary/aromatic N) is 1. The number of primary amides is 1. The second-order valence-corrected chi connectivity index (χ2v) is 5.90. The summed E-state index contributed by atoms with van der Waals surface area (Å²) < 4.78 is 11.4. The third kappa shape index (κ3) is 6.64. The molecule has 0 saturated carbocycles. The Morgan fingerprint density at radius 2 is 1.92 bits per heavy atom. The van der Waals surface area contributed by atoms with Gasteiger partial charge in [-0.15, -0.1) is 0 Å². The van der Waals surface area contributed by atoms with Gasteiger partial charge in [0.2, 0.25) is 0 Å². The van der Waals surface area contributed by atoms with E-state index in [1.165, 1.54) is 11.8 Å². The standard InChI is InChI=1S/C19H22ClN3O3/c1-2-14-4-7-17(8-5-14)25-10-3-11-26-18-9-6-16(20)12-15(18)13-22-23-19(21)24/h4-9,12-13H,2-3,10-11H2,1H3,(H3,21,23,24)/b22-13+. The summed E-state index contributed by atoms with van der Waals surface area (Å²) in [6.07, 6.45) is 3.15. The number of hydrogen-bond acceptors (Lipinski definition) is 4. The smallest absolute Gasteiger partial charge is 0.332 e. The van der Waals surface area contributed by atoms with Crippen LogP contribution in [0.15, 0.2) is 47.6 Å². The molecule has 0 radical (unpaired) electrons. The van der Waals surface area contributed by atoms with Gasteiger partial charge in [-0.05, 0) is 42.3 Å². The highest BCUT2D eigenvalue weighted by Crippen LogP contribution is 2.21. The number of aryl methyl sites for hydroxylation is 1. The van der Waals surface area contributed by atoms with E-state index >= 15 is 0 Å². The Hall–Kier alpha value is -2.73. The van der Waals surface area contributed by atoms with Gasteiger partial charge in [-0.2, -0.15) is 5.10 Å². The molecule has 3 N–H and O–H groups in total. The monoisotopic (exact) mass is 375 g/mol. The van der Waals surface area contributed by atoms with Crippen molar-refractivity contribution in [2.45, 2.75) is 19.8 Å². The van der Waals surface area contributed by atoms with Crippen molar-refractivity contribution < 1.29 is 14.3 Å². The first kappa shape index (κ1) is 19.6. The Kier molecular flexibility index (Phi) is 7.76. The summed E-state index contributed by atoms with van der Waals surface area (Å²) in [4.78, 5) is 10.7. The fraction of sp³-hybridized carbons (Fsp3) is 0.263. The van der Waals surface area contributed by atoms with Gasteiger partial charge in [0.15, 0.2) is 0 Å². The molecule has 2 rings (SSSR count). The van der Waals surface area contributed by atoms with Crippen molar-refractivity contribution in [3.05, 3.63) is 58.6 Å². The Morgan fingerprint density at radius 1 is 1.19 bits per heavy atom. The summed E-state index contributed by atoms with van der Waals surface area (Å²) in [6, 6.07) is 12.5. The van der Waals surface area contributed by atoms with Crippen molar-refractivity contribution in [2.75, 3.05) is 13.2 Å². The molecular formula is C19H22ClN3O3. The molecule has 2 aromatic carbocycles. The van der Waals surface area contributed by atoms with Gasteiger partial charge in [0, 0.05) is 17.0 Å². The lowest BCUT2D eigenvalue weighted by Gasteiger charge is -2.10. The molecule has 0 aromatic heterocycles. The van der Waals surface area contributed by atoms with E-state index in [-0.39, 0.29) is 0 Å². The van der Waals surface area contributed by atoms with Crippen LogP contribution in [0.1, 0.15) is 24.5 Å². The van der Waals surface area contributed by atoms with E-state index in [0.29, 0.717) is 36.0 Å². The third-order valence-electron chi connectivity index (χ3n) is 3.50. The highest BCUT2D eigenvalue weighted by Gasteiger charge is 2.04. The number of urea groups is 1. The number of halogens is 1. The van der Waals surface area contributed by atoms with Crippen molar-refractivity contribution in [1.29, 1.82) is 0 Å². The molecule has 2 amide bonds. The fourth-order valence-electron chi connectivity index (χ4n) is 2.17. The molecule has 0 heterocycles. The molecule has 0 aliphatic carbocycles. The number of ether oxygens (including phenoxy) is 2. The molecule has 0 fully saturated rings. The highest BCUT2D eigenvalue weighted by atomic mass is 35.5. The van der Waals surface area contributed by atoms with Crippen LogP contribution in [0.4, 0.5) is 4.79 Å². The molecule has 0 spiro atoms. The number of hydrogen-bond donors (Lipinski definition) is 2. The Morgan fingerprint density at radius 3 is 2.62 bits per heavy atom. The largest absolute Gasteiger partial charge is 0.493 e. The molecule has 0 saturated heterocycles. The number of benzene rings is 2. The molecule has 0 aliphatic rings. The van der Waals surface area contributed by atoms with Crippen molar-refractivity contribution in [3.63, 3.8) is 0 Å². The zero-order valence-corrected chi connectivity index (χ0v) is 15.3. The van der Waals surface area contributed by atoms with Gasteiger partial charge in [-0.3, -0.25) is 0 Å². The lowest BCUT2D eigenvalue weighted by Crippen LogP contribution is -2.24. The van der Waals surface area contributed by atoms with Crippen LogP contribution < -0.4 is 20.6 Å². The van der Waals surface area contributed by atoms with Crippen LogP contribution in [0.25, 0.3) is 0 Å². The number of nitrogens with two attached hydrogens (primary N) is 1. The Bertz CT molecular complexity index is 748. The minimum Gasteiger partial charge on any atom is -0.493 e. The molecule has 2 aromatic rings. The predicted molar refractivity (Wildman–Crippen MR) is 103 cm³/mol. The molecule has 0 bridgehead atoms. The number of rotatable bonds is 9. The Balaban J connectivity index is 1.81. The number of hydrazone groups is 1. The average molecular weight is 376 g/mol. The minimum absolute atomic E-state index is 0.471. The quantitative estimate of drug-likeness (QED) is 0.397. The van der Waals surface area contributed by atoms with E-state index in [0.717, 1.165) is 12.2 Å². The van der Waals surface area contributed by atoms with Crippen molar-refractivity contribution in [3.8, 4) is 11.5 Å². The van der Waals surface area contributed by atoms with Crippen LogP contribution in [0, 0.1) is 0 Å². The van der Waals surface area contributed by atoms with Gasteiger partial charge in [-0.25, -0.2) is 10.2 Å². The molecule has 0 unspecified atom stereocenters. The van der Waals surface area contributed by atoms with Crippen molar-refractivity contribution in [2.24, 2.45) is 10.8 Å². The topological polar surface area (TPSA) is 85.9 Å². The zero-order valence-electron chi connectivity index (χ0n) is 14.6. The lowest BCUT2D eigenvalue weighted by atomic mass is 10.2. The molecule has 0 atom stereocenters. The van der Waals surface area contributed by atoms with Gasteiger partial charge in [0.05, 0.1) is 19.4 Å². The van der Waals surface area contributed by atoms with Crippen LogP contribution in [0.2, 0.25) is 5.02 Å². The number of amides is 2. The van der Waals surface area contributed by atoms with Gasteiger partial charge < -0.3 is 15.2 Å². The fourth-order valence-corrected chi connectivity index (χ4v) is 2.35. The second kappa shape index (κ2) is 10.3. The summed E-state index contributed by atoms with van der Waals surface area (Å²) >= 11 is 5.98. The van der Waals surface area contributed by atoms with E-state index in [1.807, 2.05) is 12.1 Å². The van der Waals surface area contributed by atoms with Crippen LogP contribution in [-0.2, 0) is 6.42 Å². The second-order valence-electron chi connectivity index (χ2n) is 5.46. The SMILES string of the molecule is CCc1ccc(OCCCOc2ccc(Cl)cc2/C=N/NC(N)=O)cc1. The maximum absolute atomic E-state index is 10.7. The summed E-state index contributed by atoms with van der Waals surface area (Å²) in [7, 11) is 0. The first-order valence-electron chi connectivity index (χ1n) is 8.31. The molecule has 138 valence electrons. The van der Waals surface area contributed by atoms with Gasteiger partial charge >= 0.3 is 6.03 Å². The highest BCUT2D eigenvalue weighted by molar-refractivity contribution is 6.30. The van der Waals surface area contributed by atoms with Crippen LogP contribution in [0.5, 0.6) is 11.5 Å². The Labute approximate surface area is 157 Å². The molecule has 26 heavy (non-hydrogen) atoms. The van der Waals surface area contributed by atoms with Crippen LogP contribution in [-0.4, -0.2) is 25.5 Å². The molecule has 0 aliphatic heterocycles. The van der Waals surface area contributed by atoms with Crippen LogP contribution in [0.3, 0.4) is 0 Å². The average Bonchev–Trinajstić information content (AvgIpc) is 2.63. The number of nitrogens with one attached hydrogen (secondary N) is 1. The van der Waals surface area contributed by atoms with Gasteiger partial charge in [0.1, 0.15) is 11.5 Å². The van der Waals surface area contributed by atoms with E-state index < -0.39 is 6.03 Å². The number of carbonyl (C=O) groups is 1. The lowest BCUT2D eigenvalue weighted by molar-refractivity contribution is 0.247. The molecule has 6 nitrogen and oxygen atoms in total.